The summed E-state index contributed by atoms with van der Waals surface area (Å²) in [7, 11) is 4.25. The van der Waals surface area contributed by atoms with Crippen LogP contribution in [0.3, 0.4) is 0 Å². The van der Waals surface area contributed by atoms with Gasteiger partial charge in [-0.2, -0.15) is 0 Å². The van der Waals surface area contributed by atoms with Crippen LogP contribution in [0, 0.1) is 0 Å². The van der Waals surface area contributed by atoms with Crippen LogP contribution < -0.4 is 10.6 Å². The Hall–Kier alpha value is -1.13. The van der Waals surface area contributed by atoms with Gasteiger partial charge in [0.25, 0.3) is 0 Å². The second kappa shape index (κ2) is 5.47. The number of pyridine rings is 1. The summed E-state index contributed by atoms with van der Waals surface area (Å²) in [5.74, 6) is 1.08. The summed E-state index contributed by atoms with van der Waals surface area (Å²) in [5.41, 5.74) is 6.61. The van der Waals surface area contributed by atoms with Gasteiger partial charge in [0.15, 0.2) is 0 Å². The van der Waals surface area contributed by atoms with Crippen LogP contribution in [0.2, 0.25) is 0 Å². The van der Waals surface area contributed by atoms with Crippen molar-refractivity contribution in [3.63, 3.8) is 0 Å². The fraction of sp³-hybridized carbons (Fsp3) is 0.615. The minimum atomic E-state index is 0.514. The second-order valence-corrected chi connectivity index (χ2v) is 4.94. The number of aromatic nitrogens is 1. The lowest BCUT2D eigenvalue weighted by molar-refractivity contribution is 0.371. The molecule has 94 valence electrons. The lowest BCUT2D eigenvalue weighted by Crippen LogP contribution is -2.38. The maximum absolute atomic E-state index is 5.64. The zero-order chi connectivity index (χ0) is 12.3. The molecule has 0 bridgehead atoms. The quantitative estimate of drug-likeness (QED) is 0.846. The SMILES string of the molecule is CN(C)CC1CCCN1c1cccc(CN)n1. The van der Waals surface area contributed by atoms with Gasteiger partial charge in [0.1, 0.15) is 5.82 Å². The summed E-state index contributed by atoms with van der Waals surface area (Å²) >= 11 is 0. The molecule has 2 heterocycles. The molecule has 4 nitrogen and oxygen atoms in total. The molecular weight excluding hydrogens is 212 g/mol. The van der Waals surface area contributed by atoms with Gasteiger partial charge in [0.2, 0.25) is 0 Å². The van der Waals surface area contributed by atoms with Crippen molar-refractivity contribution in [3.8, 4) is 0 Å². The molecule has 1 saturated heterocycles. The summed E-state index contributed by atoms with van der Waals surface area (Å²) in [6.07, 6.45) is 2.51. The van der Waals surface area contributed by atoms with E-state index in [1.54, 1.807) is 0 Å². The molecule has 1 aromatic heterocycles. The van der Waals surface area contributed by atoms with Crippen LogP contribution in [0.1, 0.15) is 18.5 Å². The highest BCUT2D eigenvalue weighted by Crippen LogP contribution is 2.24. The predicted octanol–water partition coefficient (Wildman–Crippen LogP) is 1.07. The lowest BCUT2D eigenvalue weighted by Gasteiger charge is -2.28. The number of likely N-dealkylation sites (N-methyl/N-ethyl adjacent to an activating group) is 1. The smallest absolute Gasteiger partial charge is 0.129 e. The zero-order valence-corrected chi connectivity index (χ0v) is 10.8. The molecule has 0 saturated carbocycles. The molecule has 0 aliphatic carbocycles. The topological polar surface area (TPSA) is 45.4 Å². The Morgan fingerprint density at radius 3 is 3.00 bits per heavy atom. The van der Waals surface area contributed by atoms with Gasteiger partial charge in [-0.15, -0.1) is 0 Å². The van der Waals surface area contributed by atoms with Gasteiger partial charge >= 0.3 is 0 Å². The van der Waals surface area contributed by atoms with Gasteiger partial charge in [-0.25, -0.2) is 4.98 Å². The fourth-order valence-corrected chi connectivity index (χ4v) is 2.49. The van der Waals surface area contributed by atoms with Crippen LogP contribution in [0.25, 0.3) is 0 Å². The van der Waals surface area contributed by atoms with Crippen LogP contribution in [0.15, 0.2) is 18.2 Å². The van der Waals surface area contributed by atoms with E-state index in [0.29, 0.717) is 12.6 Å². The summed E-state index contributed by atoms with van der Waals surface area (Å²) in [6.45, 7) is 2.72. The van der Waals surface area contributed by atoms with Crippen molar-refractivity contribution in [1.29, 1.82) is 0 Å². The monoisotopic (exact) mass is 234 g/mol. The molecule has 1 fully saturated rings. The van der Waals surface area contributed by atoms with Gasteiger partial charge in [0, 0.05) is 25.7 Å². The Labute approximate surface area is 103 Å². The van der Waals surface area contributed by atoms with Gasteiger partial charge in [-0.05, 0) is 39.1 Å². The summed E-state index contributed by atoms with van der Waals surface area (Å²) in [4.78, 5) is 9.27. The third kappa shape index (κ3) is 2.96. The van der Waals surface area contributed by atoms with Crippen molar-refractivity contribution in [2.24, 2.45) is 5.73 Å². The molecule has 1 aliphatic heterocycles. The highest BCUT2D eigenvalue weighted by Gasteiger charge is 2.25. The molecular formula is C13H22N4. The summed E-state index contributed by atoms with van der Waals surface area (Å²) in [6, 6.07) is 6.72. The van der Waals surface area contributed by atoms with E-state index in [0.717, 1.165) is 24.6 Å². The van der Waals surface area contributed by atoms with Crippen molar-refractivity contribution in [1.82, 2.24) is 9.88 Å². The highest BCUT2D eigenvalue weighted by atomic mass is 15.3. The number of nitrogens with zero attached hydrogens (tertiary/aromatic N) is 3. The minimum Gasteiger partial charge on any atom is -0.352 e. The lowest BCUT2D eigenvalue weighted by atomic mass is 10.2. The van der Waals surface area contributed by atoms with Gasteiger partial charge < -0.3 is 15.5 Å². The Bertz CT molecular complexity index is 364. The Kier molecular flexibility index (Phi) is 3.97. The minimum absolute atomic E-state index is 0.514. The Balaban J connectivity index is 2.14. The molecule has 0 aromatic carbocycles. The maximum atomic E-state index is 5.64. The van der Waals surface area contributed by atoms with Gasteiger partial charge in [-0.1, -0.05) is 6.07 Å². The molecule has 0 radical (unpaired) electrons. The van der Waals surface area contributed by atoms with Crippen LogP contribution in [-0.4, -0.2) is 43.1 Å². The fourth-order valence-electron chi connectivity index (χ4n) is 2.49. The summed E-state index contributed by atoms with van der Waals surface area (Å²) < 4.78 is 0. The Morgan fingerprint density at radius 1 is 1.47 bits per heavy atom. The van der Waals surface area contributed by atoms with Gasteiger partial charge in [0.05, 0.1) is 5.69 Å². The normalized spacial score (nSPS) is 20.2. The molecule has 2 rings (SSSR count). The standard InChI is InChI=1S/C13H22N4/c1-16(2)10-12-6-4-8-17(12)13-7-3-5-11(9-14)15-13/h3,5,7,12H,4,6,8-10,14H2,1-2H3. The van der Waals surface area contributed by atoms with E-state index in [9.17, 15) is 0 Å². The van der Waals surface area contributed by atoms with E-state index >= 15 is 0 Å². The molecule has 1 aliphatic rings. The first-order chi connectivity index (χ1) is 8.20. The average Bonchev–Trinajstić information content (AvgIpc) is 2.76. The first-order valence-corrected chi connectivity index (χ1v) is 6.28. The molecule has 0 spiro atoms. The third-order valence-corrected chi connectivity index (χ3v) is 3.25. The van der Waals surface area contributed by atoms with Crippen LogP contribution in [0.4, 0.5) is 5.82 Å². The van der Waals surface area contributed by atoms with E-state index in [2.05, 4.69) is 41.0 Å². The first-order valence-electron chi connectivity index (χ1n) is 6.28. The number of rotatable bonds is 4. The van der Waals surface area contributed by atoms with Crippen LogP contribution in [0.5, 0.6) is 0 Å². The highest BCUT2D eigenvalue weighted by molar-refractivity contribution is 5.42. The zero-order valence-electron chi connectivity index (χ0n) is 10.8. The van der Waals surface area contributed by atoms with E-state index in [1.807, 2.05) is 6.07 Å². The van der Waals surface area contributed by atoms with Crippen LogP contribution >= 0.6 is 0 Å². The number of hydrogen-bond donors (Lipinski definition) is 1. The maximum Gasteiger partial charge on any atom is 0.129 e. The molecule has 2 N–H and O–H groups in total. The third-order valence-electron chi connectivity index (χ3n) is 3.25. The van der Waals surface area contributed by atoms with Crippen molar-refractivity contribution in [2.45, 2.75) is 25.4 Å². The Morgan fingerprint density at radius 2 is 2.29 bits per heavy atom. The van der Waals surface area contributed by atoms with Crippen molar-refractivity contribution < 1.29 is 0 Å². The van der Waals surface area contributed by atoms with Crippen molar-refractivity contribution in [3.05, 3.63) is 23.9 Å². The average molecular weight is 234 g/mol. The van der Waals surface area contributed by atoms with Crippen molar-refractivity contribution >= 4 is 5.82 Å². The van der Waals surface area contributed by atoms with E-state index in [-0.39, 0.29) is 0 Å². The molecule has 1 atom stereocenters. The number of nitrogens with two attached hydrogens (primary N) is 1. The van der Waals surface area contributed by atoms with Crippen molar-refractivity contribution in [2.75, 3.05) is 32.1 Å². The number of hydrogen-bond acceptors (Lipinski definition) is 4. The number of anilines is 1. The first kappa shape index (κ1) is 12.3. The largest absolute Gasteiger partial charge is 0.352 e. The van der Waals surface area contributed by atoms with E-state index in [4.69, 9.17) is 5.73 Å². The molecule has 0 amide bonds. The van der Waals surface area contributed by atoms with E-state index in [1.165, 1.54) is 12.8 Å². The summed E-state index contributed by atoms with van der Waals surface area (Å²) in [5, 5.41) is 0. The van der Waals surface area contributed by atoms with Crippen LogP contribution in [-0.2, 0) is 6.54 Å². The molecule has 1 unspecified atom stereocenters. The predicted molar refractivity (Wildman–Crippen MR) is 71.1 cm³/mol. The van der Waals surface area contributed by atoms with E-state index < -0.39 is 0 Å². The molecule has 17 heavy (non-hydrogen) atoms. The second-order valence-electron chi connectivity index (χ2n) is 4.94. The van der Waals surface area contributed by atoms with Gasteiger partial charge in [-0.3, -0.25) is 0 Å². The molecule has 1 aromatic rings. The molecule has 4 heteroatoms.